The lowest BCUT2D eigenvalue weighted by Gasteiger charge is -2.37. The zero-order valence-electron chi connectivity index (χ0n) is 35.1. The molecule has 14 nitrogen and oxygen atoms in total. The first-order valence-electron chi connectivity index (χ1n) is 19.9. The van der Waals surface area contributed by atoms with E-state index < -0.39 is 8.32 Å². The zero-order chi connectivity index (χ0) is 44.2. The smallest absolute Gasteiger partial charge is 0.256 e. The number of ether oxygens (including phenoxy) is 2. The van der Waals surface area contributed by atoms with Gasteiger partial charge in [0.25, 0.3) is 11.8 Å². The number of aromatic hydroxyl groups is 2. The number of phenols is 2. The molecule has 6 rings (SSSR count). The van der Waals surface area contributed by atoms with Crippen molar-refractivity contribution in [2.24, 2.45) is 0 Å². The van der Waals surface area contributed by atoms with Crippen molar-refractivity contribution in [3.63, 3.8) is 0 Å². The summed E-state index contributed by atoms with van der Waals surface area (Å²) in [6.45, 7) is 12.5. The average molecular weight is 891 g/mol. The second-order valence-corrected chi connectivity index (χ2v) is 23.0. The molecule has 4 heterocycles. The van der Waals surface area contributed by atoms with Gasteiger partial charge < -0.3 is 39.0 Å². The van der Waals surface area contributed by atoms with Crippen LogP contribution in [0, 0.1) is 0 Å². The van der Waals surface area contributed by atoms with E-state index in [9.17, 15) is 34.5 Å². The number of carbonyl (C=O) groups is 4. The van der Waals surface area contributed by atoms with Crippen LogP contribution in [0.1, 0.15) is 73.6 Å². The number of pyridine rings is 2. The molecule has 2 amide bonds. The summed E-state index contributed by atoms with van der Waals surface area (Å²) in [5.41, 5.74) is 2.12. The summed E-state index contributed by atoms with van der Waals surface area (Å²) >= 11 is 3.48. The fourth-order valence-electron chi connectivity index (χ4n) is 6.33. The molecule has 326 valence electrons. The van der Waals surface area contributed by atoms with Crippen LogP contribution in [0.4, 0.5) is 0 Å². The van der Waals surface area contributed by atoms with Gasteiger partial charge in [-0.3, -0.25) is 29.1 Å². The summed E-state index contributed by atoms with van der Waals surface area (Å²) in [6.07, 6.45) is 4.36. The Balaban J connectivity index is 0.000000237. The maximum absolute atomic E-state index is 13.6. The number of carbonyl (C=O) groups excluding carboxylic acids is 4. The second-order valence-electron chi connectivity index (χ2n) is 15.9. The lowest BCUT2D eigenvalue weighted by atomic mass is 10.1. The van der Waals surface area contributed by atoms with Crippen LogP contribution in [0.15, 0.2) is 73.1 Å². The zero-order valence-corrected chi connectivity index (χ0v) is 37.7. The van der Waals surface area contributed by atoms with Gasteiger partial charge in [-0.05, 0) is 66.7 Å². The second kappa shape index (κ2) is 21.7. The molecule has 0 unspecified atom stereocenters. The van der Waals surface area contributed by atoms with E-state index in [0.717, 1.165) is 17.3 Å². The number of aldehydes is 2. The van der Waals surface area contributed by atoms with Crippen LogP contribution in [0.2, 0.25) is 18.1 Å². The van der Waals surface area contributed by atoms with Crippen LogP contribution < -0.4 is 9.47 Å². The Labute approximate surface area is 366 Å². The number of aromatic nitrogens is 2. The number of phenolic OH excluding ortho intramolecular Hbond substituents is 2. The number of hydrogen-bond acceptors (Lipinski definition) is 14. The Morgan fingerprint density at radius 2 is 1.21 bits per heavy atom. The molecule has 0 bridgehead atoms. The topological polar surface area (TPSA) is 189 Å². The Kier molecular flexibility index (Phi) is 16.8. The van der Waals surface area contributed by atoms with Gasteiger partial charge in [0.15, 0.2) is 20.9 Å². The van der Waals surface area contributed by atoms with E-state index in [0.29, 0.717) is 66.3 Å². The average Bonchev–Trinajstić information content (AvgIpc) is 3.26. The fourth-order valence-corrected chi connectivity index (χ4v) is 9.34. The molecule has 2 aromatic heterocycles. The molecule has 2 atom stereocenters. The molecule has 0 spiro atoms. The van der Waals surface area contributed by atoms with Gasteiger partial charge in [-0.15, -0.1) is 0 Å². The third kappa shape index (κ3) is 11.9. The SMILES string of the molecule is CC(C)(C)[Si](C)(C)OCc1ncccc1C(=O)N1CCSC[C@H]1COc1cccc(O)c1C=O.O=Cc1c(O)cccc1OC[C@@H]1CSCCN1C(=O)c1cccnc1CO. The molecule has 4 aromatic rings. The van der Waals surface area contributed by atoms with E-state index in [1.807, 2.05) is 4.90 Å². The first-order valence-corrected chi connectivity index (χ1v) is 25.1. The van der Waals surface area contributed by atoms with Crippen molar-refractivity contribution < 1.29 is 48.4 Å². The van der Waals surface area contributed by atoms with Crippen LogP contribution in [0.5, 0.6) is 23.0 Å². The normalized spacial score (nSPS) is 16.8. The molecule has 0 aliphatic carbocycles. The summed E-state index contributed by atoms with van der Waals surface area (Å²) < 4.78 is 18.0. The standard InChI is InChI=1S/C25H34N2O5SSi.C19H20N2O5S/c1-25(2,3)34(4,5)32-16-21-19(8-7-11-26-21)24(30)27-12-13-33-17-18(27)15-31-23-10-6-9-22(29)20(23)14-28;22-9-15-17(24)4-1-5-18(15)26-11-13-12-27-8-7-21(13)19(25)14-3-2-6-20-16(14)10-23/h6-11,14,18,29H,12-13,15-17H2,1-5H3;1-6,9,13,23-24H,7-8,10-12H2/t18-;13-/m11/s1. The minimum Gasteiger partial charge on any atom is -0.507 e. The number of rotatable bonds is 14. The first kappa shape index (κ1) is 47.1. The molecule has 3 N–H and O–H groups in total. The number of thioether (sulfide) groups is 2. The molecule has 2 saturated heterocycles. The van der Waals surface area contributed by atoms with E-state index in [4.69, 9.17) is 13.9 Å². The van der Waals surface area contributed by atoms with Crippen molar-refractivity contribution in [2.45, 2.75) is 64.2 Å². The Bertz CT molecular complexity index is 2150. The van der Waals surface area contributed by atoms with Gasteiger partial charge in [0, 0.05) is 48.5 Å². The number of amides is 2. The molecular weight excluding hydrogens is 837 g/mol. The molecule has 0 radical (unpaired) electrons. The van der Waals surface area contributed by atoms with Crippen LogP contribution in [-0.4, -0.2) is 129 Å². The van der Waals surface area contributed by atoms with Crippen molar-refractivity contribution in [1.82, 2.24) is 19.8 Å². The highest BCUT2D eigenvalue weighted by Crippen LogP contribution is 2.37. The van der Waals surface area contributed by atoms with E-state index in [1.54, 1.807) is 83.2 Å². The van der Waals surface area contributed by atoms with Crippen molar-refractivity contribution in [3.8, 4) is 23.0 Å². The molecule has 2 aliphatic rings. The summed E-state index contributed by atoms with van der Waals surface area (Å²) in [5, 5.41) is 29.2. The monoisotopic (exact) mass is 890 g/mol. The van der Waals surface area contributed by atoms with Crippen molar-refractivity contribution >= 4 is 56.2 Å². The van der Waals surface area contributed by atoms with Crippen molar-refractivity contribution in [2.75, 3.05) is 49.3 Å². The summed E-state index contributed by atoms with van der Waals surface area (Å²) in [5.74, 6) is 3.08. The van der Waals surface area contributed by atoms with Crippen LogP contribution in [0.3, 0.4) is 0 Å². The predicted molar refractivity (Wildman–Crippen MR) is 239 cm³/mol. The summed E-state index contributed by atoms with van der Waals surface area (Å²) in [6, 6.07) is 15.8. The summed E-state index contributed by atoms with van der Waals surface area (Å²) in [4.78, 5) is 61.3. The Hall–Kier alpha value is -4.94. The quantitative estimate of drug-likeness (QED) is 0.0921. The predicted octanol–water partition coefficient (Wildman–Crippen LogP) is 6.49. The fraction of sp³-hybridized carbons (Fsp3) is 0.409. The van der Waals surface area contributed by atoms with Gasteiger partial charge in [-0.1, -0.05) is 32.9 Å². The lowest BCUT2D eigenvalue weighted by molar-refractivity contribution is 0.0637. The molecule has 2 fully saturated rings. The molecule has 17 heteroatoms. The van der Waals surface area contributed by atoms with Crippen LogP contribution in [-0.2, 0) is 17.6 Å². The van der Waals surface area contributed by atoms with Gasteiger partial charge in [0.05, 0.1) is 58.9 Å². The Morgan fingerprint density at radius 3 is 1.66 bits per heavy atom. The highest BCUT2D eigenvalue weighted by atomic mass is 32.2. The first-order chi connectivity index (χ1) is 29.2. The van der Waals surface area contributed by atoms with Gasteiger partial charge in [0.2, 0.25) is 0 Å². The number of aliphatic hydroxyl groups excluding tert-OH is 1. The number of aliphatic hydroxyl groups is 1. The third-order valence-electron chi connectivity index (χ3n) is 10.9. The molecular formula is C44H54N4O10S2Si. The van der Waals surface area contributed by atoms with Gasteiger partial charge in [-0.2, -0.15) is 23.5 Å². The molecule has 61 heavy (non-hydrogen) atoms. The largest absolute Gasteiger partial charge is 0.507 e. The molecule has 2 aliphatic heterocycles. The summed E-state index contributed by atoms with van der Waals surface area (Å²) in [7, 11) is -2.00. The highest BCUT2D eigenvalue weighted by molar-refractivity contribution is 7.99. The van der Waals surface area contributed by atoms with Gasteiger partial charge in [-0.25, -0.2) is 0 Å². The maximum Gasteiger partial charge on any atom is 0.256 e. The minimum atomic E-state index is -2.00. The highest BCUT2D eigenvalue weighted by Gasteiger charge is 2.38. The Morgan fingerprint density at radius 1 is 0.754 bits per heavy atom. The van der Waals surface area contributed by atoms with Crippen molar-refractivity contribution in [1.29, 1.82) is 0 Å². The minimum absolute atomic E-state index is 0.0602. The number of nitrogens with zero attached hydrogens (tertiary/aromatic N) is 4. The van der Waals surface area contributed by atoms with Crippen molar-refractivity contribution in [3.05, 3.63) is 107 Å². The molecule has 2 aromatic carbocycles. The maximum atomic E-state index is 13.6. The lowest BCUT2D eigenvalue weighted by Crippen LogP contribution is -2.49. The van der Waals surface area contributed by atoms with E-state index in [-0.39, 0.29) is 77.1 Å². The van der Waals surface area contributed by atoms with E-state index >= 15 is 0 Å². The number of hydrogen-bond donors (Lipinski definition) is 3. The van der Waals surface area contributed by atoms with Gasteiger partial charge in [0.1, 0.15) is 36.2 Å². The van der Waals surface area contributed by atoms with Gasteiger partial charge >= 0.3 is 0 Å². The third-order valence-corrected chi connectivity index (χ3v) is 17.6. The number of benzene rings is 2. The van der Waals surface area contributed by atoms with E-state index in [2.05, 4.69) is 43.8 Å². The van der Waals surface area contributed by atoms with Crippen LogP contribution in [0.25, 0.3) is 0 Å². The molecule has 0 saturated carbocycles. The van der Waals surface area contributed by atoms with E-state index in [1.165, 1.54) is 18.3 Å². The van der Waals surface area contributed by atoms with Crippen LogP contribution >= 0.6 is 23.5 Å².